The van der Waals surface area contributed by atoms with Crippen LogP contribution < -0.4 is 0 Å². The molecule has 0 aromatic heterocycles. The minimum absolute atomic E-state index is 0.101. The minimum Gasteiger partial charge on any atom is -0.259 e. The normalized spacial score (nSPS) is 10.6. The number of nitrogens with zero attached hydrogens (tertiary/aromatic N) is 1. The minimum atomic E-state index is -0.666. The monoisotopic (exact) mass is 201 g/mol. The van der Waals surface area contributed by atoms with Crippen LogP contribution in [-0.4, -0.2) is 4.92 Å². The highest BCUT2D eigenvalue weighted by Gasteiger charge is 2.00. The quantitative estimate of drug-likeness (QED) is 0.545. The maximum Gasteiger partial charge on any atom is 0.235 e. The summed E-state index contributed by atoms with van der Waals surface area (Å²) < 4.78 is 12.9. The van der Waals surface area contributed by atoms with Crippen molar-refractivity contribution in [2.75, 3.05) is 0 Å². The van der Waals surface area contributed by atoms with Crippen LogP contribution in [0.15, 0.2) is 24.4 Å². The predicted molar refractivity (Wildman–Crippen MR) is 47.4 cm³/mol. The van der Waals surface area contributed by atoms with Gasteiger partial charge in [-0.3, -0.25) is 10.1 Å². The van der Waals surface area contributed by atoms with Crippen LogP contribution in [0.3, 0.4) is 0 Å². The topological polar surface area (TPSA) is 43.1 Å². The molecule has 1 aromatic rings. The van der Waals surface area contributed by atoms with Crippen molar-refractivity contribution in [3.63, 3.8) is 0 Å². The summed E-state index contributed by atoms with van der Waals surface area (Å²) in [5.41, 5.74) is 0.101. The Kier molecular flexibility index (Phi) is 2.97. The number of hydrogen-bond donors (Lipinski definition) is 0. The van der Waals surface area contributed by atoms with Crippen LogP contribution in [0.5, 0.6) is 0 Å². The molecule has 0 fully saturated rings. The lowest BCUT2D eigenvalue weighted by atomic mass is 10.2. The Hall–Kier alpha value is -1.42. The molecule has 1 aromatic carbocycles. The molecule has 1 rings (SSSR count). The number of halogens is 2. The summed E-state index contributed by atoms with van der Waals surface area (Å²) in [5, 5.41) is 10.3. The predicted octanol–water partition coefficient (Wildman–Crippen LogP) is 2.73. The molecule has 0 aliphatic carbocycles. The van der Waals surface area contributed by atoms with E-state index in [1.807, 2.05) is 0 Å². The van der Waals surface area contributed by atoms with E-state index in [-0.39, 0.29) is 5.56 Å². The number of benzene rings is 1. The lowest BCUT2D eigenvalue weighted by Gasteiger charge is -1.95. The van der Waals surface area contributed by atoms with E-state index in [0.29, 0.717) is 11.2 Å². The van der Waals surface area contributed by atoms with Crippen LogP contribution >= 0.6 is 11.6 Å². The van der Waals surface area contributed by atoms with Gasteiger partial charge in [0.2, 0.25) is 6.20 Å². The summed E-state index contributed by atoms with van der Waals surface area (Å²) >= 11 is 5.56. The zero-order valence-electron chi connectivity index (χ0n) is 6.41. The van der Waals surface area contributed by atoms with E-state index in [1.54, 1.807) is 0 Å². The first kappa shape index (κ1) is 9.67. The average molecular weight is 202 g/mol. The van der Waals surface area contributed by atoms with Crippen LogP contribution in [-0.2, 0) is 0 Å². The molecular weight excluding hydrogens is 197 g/mol. The van der Waals surface area contributed by atoms with Crippen molar-refractivity contribution in [2.24, 2.45) is 0 Å². The molecule has 13 heavy (non-hydrogen) atoms. The average Bonchev–Trinajstić information content (AvgIpc) is 2.06. The van der Waals surface area contributed by atoms with E-state index in [1.165, 1.54) is 12.1 Å². The largest absolute Gasteiger partial charge is 0.259 e. The van der Waals surface area contributed by atoms with Gasteiger partial charge in [0.1, 0.15) is 5.82 Å². The third-order valence-corrected chi connectivity index (χ3v) is 1.57. The molecule has 0 atom stereocenters. The molecule has 0 saturated carbocycles. The first-order chi connectivity index (χ1) is 6.09. The van der Waals surface area contributed by atoms with Crippen molar-refractivity contribution in [3.05, 3.63) is 50.9 Å². The van der Waals surface area contributed by atoms with Crippen LogP contribution in [0, 0.1) is 15.9 Å². The van der Waals surface area contributed by atoms with Gasteiger partial charge in [-0.1, -0.05) is 11.6 Å². The molecule has 68 valence electrons. The third-order valence-electron chi connectivity index (χ3n) is 1.33. The van der Waals surface area contributed by atoms with Gasteiger partial charge in [0.25, 0.3) is 0 Å². The zero-order valence-corrected chi connectivity index (χ0v) is 7.16. The van der Waals surface area contributed by atoms with Crippen LogP contribution in [0.1, 0.15) is 5.56 Å². The lowest BCUT2D eigenvalue weighted by Crippen LogP contribution is -1.85. The SMILES string of the molecule is O=[N+]([O-])/C=C/c1cc(Cl)ccc1F. The van der Waals surface area contributed by atoms with Crippen molar-refractivity contribution < 1.29 is 9.31 Å². The highest BCUT2D eigenvalue weighted by molar-refractivity contribution is 6.30. The van der Waals surface area contributed by atoms with E-state index < -0.39 is 10.7 Å². The van der Waals surface area contributed by atoms with Gasteiger partial charge in [0.05, 0.1) is 4.92 Å². The molecular formula is C8H5ClFNO2. The molecule has 0 aliphatic rings. The summed E-state index contributed by atoms with van der Waals surface area (Å²) in [6.45, 7) is 0. The summed E-state index contributed by atoms with van der Waals surface area (Å²) in [6.07, 6.45) is 1.72. The highest BCUT2D eigenvalue weighted by atomic mass is 35.5. The number of nitro groups is 1. The molecule has 0 saturated heterocycles. The molecule has 0 aliphatic heterocycles. The first-order valence-corrected chi connectivity index (χ1v) is 3.74. The molecule has 3 nitrogen and oxygen atoms in total. The van der Waals surface area contributed by atoms with Crippen molar-refractivity contribution in [1.82, 2.24) is 0 Å². The fourth-order valence-electron chi connectivity index (χ4n) is 0.783. The van der Waals surface area contributed by atoms with Gasteiger partial charge in [-0.05, 0) is 18.2 Å². The molecule has 0 bridgehead atoms. The Morgan fingerprint density at radius 2 is 2.23 bits per heavy atom. The number of rotatable bonds is 2. The fourth-order valence-corrected chi connectivity index (χ4v) is 0.964. The van der Waals surface area contributed by atoms with Gasteiger partial charge in [-0.15, -0.1) is 0 Å². The second kappa shape index (κ2) is 4.00. The van der Waals surface area contributed by atoms with Gasteiger partial charge in [-0.2, -0.15) is 0 Å². The van der Waals surface area contributed by atoms with Crippen molar-refractivity contribution in [1.29, 1.82) is 0 Å². The van der Waals surface area contributed by atoms with Crippen LogP contribution in [0.25, 0.3) is 6.08 Å². The first-order valence-electron chi connectivity index (χ1n) is 3.36. The van der Waals surface area contributed by atoms with Gasteiger partial charge in [-0.25, -0.2) is 4.39 Å². The molecule has 0 spiro atoms. The van der Waals surface area contributed by atoms with E-state index >= 15 is 0 Å². The maximum absolute atomic E-state index is 12.9. The van der Waals surface area contributed by atoms with Gasteiger partial charge >= 0.3 is 0 Å². The van der Waals surface area contributed by atoms with Gasteiger partial charge in [0.15, 0.2) is 0 Å². The second-order valence-electron chi connectivity index (χ2n) is 2.27. The summed E-state index contributed by atoms with van der Waals surface area (Å²) in [5.74, 6) is -0.539. The van der Waals surface area contributed by atoms with Crippen molar-refractivity contribution in [3.8, 4) is 0 Å². The smallest absolute Gasteiger partial charge is 0.235 e. The molecule has 0 unspecified atom stereocenters. The Labute approximate surface area is 78.6 Å². The van der Waals surface area contributed by atoms with E-state index in [2.05, 4.69) is 0 Å². The molecule has 5 heteroatoms. The van der Waals surface area contributed by atoms with Gasteiger partial charge in [0, 0.05) is 16.7 Å². The molecule has 0 heterocycles. The van der Waals surface area contributed by atoms with E-state index in [4.69, 9.17) is 11.6 Å². The maximum atomic E-state index is 12.9. The Morgan fingerprint density at radius 1 is 1.54 bits per heavy atom. The molecule has 0 amide bonds. The lowest BCUT2D eigenvalue weighted by molar-refractivity contribution is -0.400. The summed E-state index contributed by atoms with van der Waals surface area (Å²) in [7, 11) is 0. The fraction of sp³-hybridized carbons (Fsp3) is 0. The Balaban J connectivity index is 3.00. The van der Waals surface area contributed by atoms with E-state index in [9.17, 15) is 14.5 Å². The highest BCUT2D eigenvalue weighted by Crippen LogP contribution is 2.15. The van der Waals surface area contributed by atoms with Crippen LogP contribution in [0.2, 0.25) is 5.02 Å². The van der Waals surface area contributed by atoms with Crippen molar-refractivity contribution >= 4 is 17.7 Å². The summed E-state index contributed by atoms with van der Waals surface area (Å²) in [4.78, 5) is 9.27. The molecule has 0 N–H and O–H groups in total. The number of hydrogen-bond acceptors (Lipinski definition) is 2. The summed E-state index contributed by atoms with van der Waals surface area (Å²) in [6, 6.07) is 3.85. The standard InChI is InChI=1S/C8H5ClFNO2/c9-7-1-2-8(10)6(5-7)3-4-11(12)13/h1-5H/b4-3+. The Bertz CT molecular complexity index is 365. The Morgan fingerprint density at radius 3 is 2.85 bits per heavy atom. The molecule has 0 radical (unpaired) electrons. The second-order valence-corrected chi connectivity index (χ2v) is 2.70. The van der Waals surface area contributed by atoms with Gasteiger partial charge < -0.3 is 0 Å². The van der Waals surface area contributed by atoms with Crippen molar-refractivity contribution in [2.45, 2.75) is 0 Å². The zero-order chi connectivity index (χ0) is 9.84. The van der Waals surface area contributed by atoms with E-state index in [0.717, 1.165) is 12.1 Å². The third kappa shape index (κ3) is 2.83. The van der Waals surface area contributed by atoms with Crippen LogP contribution in [0.4, 0.5) is 4.39 Å².